The minimum absolute atomic E-state index is 0.0139. The van der Waals surface area contributed by atoms with Gasteiger partial charge in [-0.15, -0.1) is 0 Å². The van der Waals surface area contributed by atoms with Gasteiger partial charge < -0.3 is 4.98 Å². The van der Waals surface area contributed by atoms with Crippen LogP contribution in [0.2, 0.25) is 0 Å². The van der Waals surface area contributed by atoms with E-state index in [0.717, 1.165) is 0 Å². The third-order valence-electron chi connectivity index (χ3n) is 2.78. The van der Waals surface area contributed by atoms with Gasteiger partial charge in [0.25, 0.3) is 5.56 Å². The highest BCUT2D eigenvalue weighted by atomic mass is 32.1. The van der Waals surface area contributed by atoms with Crippen LogP contribution in [0.25, 0.3) is 16.6 Å². The SMILES string of the molecule is O=c1c2c(F)cccc2[nH]c(=S)n1-c1cccnc1. The third kappa shape index (κ3) is 1.86. The molecule has 1 N–H and O–H groups in total. The maximum atomic E-state index is 13.8. The molecule has 6 heteroatoms. The molecule has 0 spiro atoms. The molecule has 0 atom stereocenters. The number of H-pyrrole nitrogens is 1. The van der Waals surface area contributed by atoms with Crippen molar-refractivity contribution >= 4 is 23.1 Å². The van der Waals surface area contributed by atoms with Crippen LogP contribution in [0.1, 0.15) is 0 Å². The van der Waals surface area contributed by atoms with Crippen LogP contribution >= 0.6 is 12.2 Å². The Morgan fingerprint density at radius 3 is 2.84 bits per heavy atom. The fourth-order valence-electron chi connectivity index (χ4n) is 1.94. The van der Waals surface area contributed by atoms with Crippen molar-refractivity contribution in [3.63, 3.8) is 0 Å². The second kappa shape index (κ2) is 4.40. The first-order valence-electron chi connectivity index (χ1n) is 5.52. The monoisotopic (exact) mass is 273 g/mol. The summed E-state index contributed by atoms with van der Waals surface area (Å²) in [6, 6.07) is 7.75. The summed E-state index contributed by atoms with van der Waals surface area (Å²) in [5, 5.41) is -0.0139. The standard InChI is InChI=1S/C13H8FN3OS/c14-9-4-1-5-10-11(9)12(18)17(13(19)16-10)8-3-2-6-15-7-8/h1-7H,(H,16,19). The lowest BCUT2D eigenvalue weighted by Crippen LogP contribution is -2.21. The molecule has 0 unspecified atom stereocenters. The van der Waals surface area contributed by atoms with Gasteiger partial charge in [0.2, 0.25) is 0 Å². The minimum atomic E-state index is -0.577. The second-order valence-electron chi connectivity index (χ2n) is 3.94. The first-order chi connectivity index (χ1) is 9.18. The van der Waals surface area contributed by atoms with Gasteiger partial charge in [0.15, 0.2) is 4.77 Å². The Kier molecular flexibility index (Phi) is 2.72. The Hall–Kier alpha value is -2.34. The molecule has 3 aromatic rings. The number of nitrogens with zero attached hydrogens (tertiary/aromatic N) is 2. The molecule has 19 heavy (non-hydrogen) atoms. The molecule has 0 aliphatic rings. The predicted octanol–water partition coefficient (Wildman–Crippen LogP) is 2.58. The Bertz CT molecular complexity index is 870. The number of hydrogen-bond donors (Lipinski definition) is 1. The molecular weight excluding hydrogens is 265 g/mol. The number of hydrogen-bond acceptors (Lipinski definition) is 3. The Balaban J connectivity index is 2.49. The van der Waals surface area contributed by atoms with E-state index in [1.54, 1.807) is 24.4 Å². The summed E-state index contributed by atoms with van der Waals surface area (Å²) in [5.74, 6) is -0.577. The lowest BCUT2D eigenvalue weighted by Gasteiger charge is -2.07. The number of aromatic nitrogens is 3. The maximum Gasteiger partial charge on any atom is 0.269 e. The van der Waals surface area contributed by atoms with Gasteiger partial charge in [0.1, 0.15) is 5.82 Å². The molecule has 0 saturated carbocycles. The van der Waals surface area contributed by atoms with Crippen molar-refractivity contribution in [2.75, 3.05) is 0 Å². The van der Waals surface area contributed by atoms with Crippen molar-refractivity contribution in [3.05, 3.63) is 63.7 Å². The molecule has 2 heterocycles. The van der Waals surface area contributed by atoms with E-state index in [2.05, 4.69) is 9.97 Å². The number of nitrogens with one attached hydrogen (secondary N) is 1. The van der Waals surface area contributed by atoms with Gasteiger partial charge in [-0.2, -0.15) is 0 Å². The van der Waals surface area contributed by atoms with Gasteiger partial charge in [0.05, 0.1) is 22.8 Å². The Morgan fingerprint density at radius 1 is 1.26 bits per heavy atom. The normalized spacial score (nSPS) is 10.8. The summed E-state index contributed by atoms with van der Waals surface area (Å²) in [5.41, 5.74) is 0.388. The van der Waals surface area contributed by atoms with E-state index < -0.39 is 11.4 Å². The first-order valence-corrected chi connectivity index (χ1v) is 5.93. The lowest BCUT2D eigenvalue weighted by atomic mass is 10.2. The van der Waals surface area contributed by atoms with Crippen molar-refractivity contribution in [1.29, 1.82) is 0 Å². The second-order valence-corrected chi connectivity index (χ2v) is 4.33. The number of benzene rings is 1. The van der Waals surface area contributed by atoms with E-state index >= 15 is 0 Å². The summed E-state index contributed by atoms with van der Waals surface area (Å²) < 4.78 is 15.2. The molecule has 3 rings (SSSR count). The molecule has 94 valence electrons. The smallest absolute Gasteiger partial charge is 0.269 e. The highest BCUT2D eigenvalue weighted by Gasteiger charge is 2.10. The fraction of sp³-hybridized carbons (Fsp3) is 0. The molecule has 0 aliphatic carbocycles. The summed E-state index contributed by atoms with van der Waals surface area (Å²) in [6.45, 7) is 0. The van der Waals surface area contributed by atoms with E-state index in [1.807, 2.05) is 0 Å². The Morgan fingerprint density at radius 2 is 2.11 bits per heavy atom. The van der Waals surface area contributed by atoms with Crippen LogP contribution in [0.4, 0.5) is 4.39 Å². The molecule has 0 aliphatic heterocycles. The Labute approximate surface area is 112 Å². The molecule has 0 radical (unpaired) electrons. The minimum Gasteiger partial charge on any atom is -0.331 e. The average Bonchev–Trinajstić information content (AvgIpc) is 2.39. The zero-order valence-corrected chi connectivity index (χ0v) is 10.4. The van der Waals surface area contributed by atoms with Crippen LogP contribution in [-0.4, -0.2) is 14.5 Å². The molecule has 1 aromatic carbocycles. The lowest BCUT2D eigenvalue weighted by molar-refractivity contribution is 0.637. The highest BCUT2D eigenvalue weighted by Crippen LogP contribution is 2.13. The maximum absolute atomic E-state index is 13.8. The summed E-state index contributed by atoms with van der Waals surface area (Å²) in [6.07, 6.45) is 3.08. The van der Waals surface area contributed by atoms with Crippen LogP contribution in [0.15, 0.2) is 47.5 Å². The van der Waals surface area contributed by atoms with Crippen molar-refractivity contribution in [3.8, 4) is 5.69 Å². The van der Waals surface area contributed by atoms with Crippen LogP contribution < -0.4 is 5.56 Å². The third-order valence-corrected chi connectivity index (χ3v) is 3.06. The number of pyridine rings is 1. The fourth-order valence-corrected chi connectivity index (χ4v) is 2.24. The molecule has 2 aromatic heterocycles. The van der Waals surface area contributed by atoms with Crippen molar-refractivity contribution in [2.24, 2.45) is 0 Å². The largest absolute Gasteiger partial charge is 0.331 e. The van der Waals surface area contributed by atoms with Gasteiger partial charge in [-0.3, -0.25) is 14.3 Å². The van der Waals surface area contributed by atoms with Crippen LogP contribution in [0.5, 0.6) is 0 Å². The van der Waals surface area contributed by atoms with Crippen molar-refractivity contribution in [1.82, 2.24) is 14.5 Å². The van der Waals surface area contributed by atoms with Crippen LogP contribution in [0, 0.1) is 10.6 Å². The van der Waals surface area contributed by atoms with Crippen molar-refractivity contribution < 1.29 is 4.39 Å². The van der Waals surface area contributed by atoms with Gasteiger partial charge in [-0.05, 0) is 36.5 Å². The van der Waals surface area contributed by atoms with Crippen LogP contribution in [0.3, 0.4) is 0 Å². The number of fused-ring (bicyclic) bond motifs is 1. The van der Waals surface area contributed by atoms with Crippen LogP contribution in [-0.2, 0) is 0 Å². The zero-order chi connectivity index (χ0) is 13.4. The summed E-state index contributed by atoms with van der Waals surface area (Å²) in [4.78, 5) is 19.2. The van der Waals surface area contributed by atoms with E-state index in [-0.39, 0.29) is 10.2 Å². The van der Waals surface area contributed by atoms with Gasteiger partial charge in [-0.1, -0.05) is 6.07 Å². The number of halogens is 1. The highest BCUT2D eigenvalue weighted by molar-refractivity contribution is 7.71. The van der Waals surface area contributed by atoms with Gasteiger partial charge in [-0.25, -0.2) is 4.39 Å². The quantitative estimate of drug-likeness (QED) is 0.693. The van der Waals surface area contributed by atoms with Gasteiger partial charge in [0, 0.05) is 6.20 Å². The average molecular weight is 273 g/mol. The molecule has 0 fully saturated rings. The van der Waals surface area contributed by atoms with E-state index in [0.29, 0.717) is 11.2 Å². The van der Waals surface area contributed by atoms with E-state index in [9.17, 15) is 9.18 Å². The molecule has 0 bridgehead atoms. The molecule has 0 amide bonds. The summed E-state index contributed by atoms with van der Waals surface area (Å²) >= 11 is 5.15. The topological polar surface area (TPSA) is 50.7 Å². The molecular formula is C13H8FN3OS. The zero-order valence-electron chi connectivity index (χ0n) is 9.63. The number of aromatic amines is 1. The predicted molar refractivity (Wildman–Crippen MR) is 72.5 cm³/mol. The van der Waals surface area contributed by atoms with E-state index in [1.165, 1.54) is 22.9 Å². The molecule has 4 nitrogen and oxygen atoms in total. The van der Waals surface area contributed by atoms with Gasteiger partial charge >= 0.3 is 0 Å². The first kappa shape index (κ1) is 11.7. The summed E-state index contributed by atoms with van der Waals surface area (Å²) in [7, 11) is 0. The number of rotatable bonds is 1. The van der Waals surface area contributed by atoms with Crippen molar-refractivity contribution in [2.45, 2.75) is 0 Å². The molecule has 0 saturated heterocycles. The van der Waals surface area contributed by atoms with E-state index in [4.69, 9.17) is 12.2 Å².